The summed E-state index contributed by atoms with van der Waals surface area (Å²) in [5, 5.41) is 11.2. The Balaban J connectivity index is 2.53. The standard InChI is InChI=1S/C14H18FNO3S/c1-14(2,10-5-3-4-6-11(10)15)13(19)16-7-8-20-9-12(17)18/h3-6H,7-9H2,1-2H3,(H,16,19)(H,17,18). The number of rotatable bonds is 7. The number of aliphatic carboxylic acids is 1. The zero-order valence-corrected chi connectivity index (χ0v) is 12.3. The monoisotopic (exact) mass is 299 g/mol. The molecule has 1 aromatic rings. The van der Waals surface area contributed by atoms with Crippen LogP contribution in [-0.4, -0.2) is 35.0 Å². The summed E-state index contributed by atoms with van der Waals surface area (Å²) >= 11 is 1.22. The number of carboxylic acids is 1. The van der Waals surface area contributed by atoms with Gasteiger partial charge in [0, 0.05) is 17.9 Å². The highest BCUT2D eigenvalue weighted by Gasteiger charge is 2.31. The van der Waals surface area contributed by atoms with Gasteiger partial charge >= 0.3 is 5.97 Å². The summed E-state index contributed by atoms with van der Waals surface area (Å²) in [6.07, 6.45) is 0. The molecule has 110 valence electrons. The summed E-state index contributed by atoms with van der Waals surface area (Å²) in [5.74, 6) is -1.06. The van der Waals surface area contributed by atoms with E-state index in [2.05, 4.69) is 5.32 Å². The first kappa shape index (κ1) is 16.5. The molecule has 0 aliphatic carbocycles. The van der Waals surface area contributed by atoms with Gasteiger partial charge in [-0.05, 0) is 19.9 Å². The average Bonchev–Trinajstić information content (AvgIpc) is 2.38. The first-order valence-corrected chi connectivity index (χ1v) is 7.34. The lowest BCUT2D eigenvalue weighted by Gasteiger charge is -2.24. The third-order valence-corrected chi connectivity index (χ3v) is 3.82. The second-order valence-electron chi connectivity index (χ2n) is 4.81. The molecule has 4 nitrogen and oxygen atoms in total. The molecule has 0 saturated heterocycles. The van der Waals surface area contributed by atoms with Gasteiger partial charge in [0.15, 0.2) is 0 Å². The normalized spacial score (nSPS) is 11.2. The fraction of sp³-hybridized carbons (Fsp3) is 0.429. The summed E-state index contributed by atoms with van der Waals surface area (Å²) < 4.78 is 13.7. The molecular weight excluding hydrogens is 281 g/mol. The Hall–Kier alpha value is -1.56. The van der Waals surface area contributed by atoms with Gasteiger partial charge in [-0.3, -0.25) is 9.59 Å². The van der Waals surface area contributed by atoms with Gasteiger partial charge in [0.05, 0.1) is 11.2 Å². The molecule has 20 heavy (non-hydrogen) atoms. The molecule has 0 atom stereocenters. The fourth-order valence-electron chi connectivity index (χ4n) is 1.71. The maximum Gasteiger partial charge on any atom is 0.313 e. The van der Waals surface area contributed by atoms with Gasteiger partial charge in [0.2, 0.25) is 5.91 Å². The van der Waals surface area contributed by atoms with Crippen molar-refractivity contribution in [2.24, 2.45) is 0 Å². The molecule has 6 heteroatoms. The molecule has 1 rings (SSSR count). The molecule has 0 spiro atoms. The number of halogens is 1. The number of amides is 1. The van der Waals surface area contributed by atoms with Crippen molar-refractivity contribution in [1.29, 1.82) is 0 Å². The molecule has 0 radical (unpaired) electrons. The second kappa shape index (κ2) is 7.28. The van der Waals surface area contributed by atoms with Crippen LogP contribution in [0.2, 0.25) is 0 Å². The Kier molecular flexibility index (Phi) is 6.01. The number of thioether (sulfide) groups is 1. The van der Waals surface area contributed by atoms with E-state index < -0.39 is 17.2 Å². The molecular formula is C14H18FNO3S. The topological polar surface area (TPSA) is 66.4 Å². The maximum absolute atomic E-state index is 13.7. The smallest absolute Gasteiger partial charge is 0.313 e. The number of carboxylic acid groups (broad SMARTS) is 1. The average molecular weight is 299 g/mol. The van der Waals surface area contributed by atoms with Crippen LogP contribution in [0.5, 0.6) is 0 Å². The second-order valence-corrected chi connectivity index (χ2v) is 5.91. The number of benzene rings is 1. The molecule has 0 aliphatic rings. The van der Waals surface area contributed by atoms with Gasteiger partial charge in [-0.1, -0.05) is 18.2 Å². The van der Waals surface area contributed by atoms with Gasteiger partial charge in [0.1, 0.15) is 5.82 Å². The number of hydrogen-bond donors (Lipinski definition) is 2. The maximum atomic E-state index is 13.7. The van der Waals surface area contributed by atoms with Crippen LogP contribution < -0.4 is 5.32 Å². The van der Waals surface area contributed by atoms with E-state index >= 15 is 0 Å². The van der Waals surface area contributed by atoms with E-state index in [1.165, 1.54) is 17.8 Å². The first-order chi connectivity index (χ1) is 9.35. The minimum Gasteiger partial charge on any atom is -0.481 e. The van der Waals surface area contributed by atoms with E-state index in [1.54, 1.807) is 32.0 Å². The van der Waals surface area contributed by atoms with Crippen LogP contribution in [0.15, 0.2) is 24.3 Å². The lowest BCUT2D eigenvalue weighted by molar-refractivity contribution is -0.134. The van der Waals surface area contributed by atoms with Crippen molar-refractivity contribution >= 4 is 23.6 Å². The van der Waals surface area contributed by atoms with Crippen LogP contribution in [0.25, 0.3) is 0 Å². The lowest BCUT2D eigenvalue weighted by Crippen LogP contribution is -2.41. The highest BCUT2D eigenvalue weighted by atomic mass is 32.2. The van der Waals surface area contributed by atoms with Crippen LogP contribution in [0.1, 0.15) is 19.4 Å². The van der Waals surface area contributed by atoms with Crippen molar-refractivity contribution in [1.82, 2.24) is 5.32 Å². The Morgan fingerprint density at radius 2 is 2.00 bits per heavy atom. The van der Waals surface area contributed by atoms with Gasteiger partial charge in [0.25, 0.3) is 0 Å². The lowest BCUT2D eigenvalue weighted by atomic mass is 9.83. The van der Waals surface area contributed by atoms with Crippen molar-refractivity contribution in [2.75, 3.05) is 18.1 Å². The third kappa shape index (κ3) is 4.52. The predicted molar refractivity (Wildman–Crippen MR) is 77.4 cm³/mol. The van der Waals surface area contributed by atoms with Gasteiger partial charge in [-0.2, -0.15) is 0 Å². The summed E-state index contributed by atoms with van der Waals surface area (Å²) in [7, 11) is 0. The van der Waals surface area contributed by atoms with E-state index in [9.17, 15) is 14.0 Å². The first-order valence-electron chi connectivity index (χ1n) is 6.18. The molecule has 0 saturated carbocycles. The molecule has 2 N–H and O–H groups in total. The van der Waals surface area contributed by atoms with Crippen molar-refractivity contribution in [2.45, 2.75) is 19.3 Å². The van der Waals surface area contributed by atoms with Gasteiger partial charge < -0.3 is 10.4 Å². The van der Waals surface area contributed by atoms with Gasteiger partial charge in [-0.25, -0.2) is 4.39 Å². The summed E-state index contributed by atoms with van der Waals surface area (Å²) in [6, 6.07) is 6.19. The van der Waals surface area contributed by atoms with E-state index in [0.717, 1.165) is 0 Å². The zero-order chi connectivity index (χ0) is 15.2. The quantitative estimate of drug-likeness (QED) is 0.756. The van der Waals surface area contributed by atoms with E-state index in [4.69, 9.17) is 5.11 Å². The molecule has 0 aromatic heterocycles. The number of nitrogens with one attached hydrogen (secondary N) is 1. The molecule has 1 aromatic carbocycles. The van der Waals surface area contributed by atoms with Crippen molar-refractivity contribution < 1.29 is 19.1 Å². The van der Waals surface area contributed by atoms with E-state index in [0.29, 0.717) is 17.9 Å². The largest absolute Gasteiger partial charge is 0.481 e. The molecule has 0 fully saturated rings. The third-order valence-electron chi connectivity index (χ3n) is 2.87. The van der Waals surface area contributed by atoms with Crippen LogP contribution in [0.4, 0.5) is 4.39 Å². The number of carbonyl (C=O) groups excluding carboxylic acids is 1. The number of hydrogen-bond acceptors (Lipinski definition) is 3. The van der Waals surface area contributed by atoms with E-state index in [1.807, 2.05) is 0 Å². The SMILES string of the molecule is CC(C)(C(=O)NCCSCC(=O)O)c1ccccc1F. The zero-order valence-electron chi connectivity index (χ0n) is 11.5. The summed E-state index contributed by atoms with van der Waals surface area (Å²) in [5.41, 5.74) is -0.626. The summed E-state index contributed by atoms with van der Waals surface area (Å²) in [6.45, 7) is 3.67. The Morgan fingerprint density at radius 3 is 2.60 bits per heavy atom. The molecule has 1 amide bonds. The fourth-order valence-corrected chi connectivity index (χ4v) is 2.27. The van der Waals surface area contributed by atoms with Gasteiger partial charge in [-0.15, -0.1) is 11.8 Å². The van der Waals surface area contributed by atoms with Crippen molar-refractivity contribution in [3.8, 4) is 0 Å². The highest BCUT2D eigenvalue weighted by molar-refractivity contribution is 7.99. The Bertz CT molecular complexity index is 491. The Labute approximate surface area is 121 Å². The van der Waals surface area contributed by atoms with Crippen LogP contribution in [0, 0.1) is 5.82 Å². The summed E-state index contributed by atoms with van der Waals surface area (Å²) in [4.78, 5) is 22.4. The predicted octanol–water partition coefficient (Wildman–Crippen LogP) is 2.04. The Morgan fingerprint density at radius 1 is 1.35 bits per heavy atom. The highest BCUT2D eigenvalue weighted by Crippen LogP contribution is 2.25. The number of carbonyl (C=O) groups is 2. The molecule has 0 bridgehead atoms. The van der Waals surface area contributed by atoms with Crippen molar-refractivity contribution in [3.63, 3.8) is 0 Å². The minimum absolute atomic E-state index is 0.00652. The molecule has 0 heterocycles. The molecule has 0 aliphatic heterocycles. The van der Waals surface area contributed by atoms with E-state index in [-0.39, 0.29) is 11.7 Å². The van der Waals surface area contributed by atoms with Crippen LogP contribution in [-0.2, 0) is 15.0 Å². The molecule has 0 unspecified atom stereocenters. The van der Waals surface area contributed by atoms with Crippen LogP contribution >= 0.6 is 11.8 Å². The van der Waals surface area contributed by atoms with Crippen LogP contribution in [0.3, 0.4) is 0 Å². The van der Waals surface area contributed by atoms with Crippen molar-refractivity contribution in [3.05, 3.63) is 35.6 Å². The minimum atomic E-state index is -0.969.